The van der Waals surface area contributed by atoms with Crippen LogP contribution in [-0.4, -0.2) is 26.2 Å². The Morgan fingerprint density at radius 3 is 2.60 bits per heavy atom. The van der Waals surface area contributed by atoms with Crippen molar-refractivity contribution >= 4 is 16.9 Å². The molecule has 0 saturated heterocycles. The second-order valence-corrected chi connectivity index (χ2v) is 12.1. The van der Waals surface area contributed by atoms with Crippen LogP contribution < -0.4 is 0 Å². The van der Waals surface area contributed by atoms with Crippen molar-refractivity contribution in [3.8, 4) is 0 Å². The van der Waals surface area contributed by atoms with Crippen molar-refractivity contribution in [3.63, 3.8) is 0 Å². The second kappa shape index (κ2) is 6.73. The van der Waals surface area contributed by atoms with Crippen molar-refractivity contribution in [1.82, 2.24) is 0 Å². The van der Waals surface area contributed by atoms with E-state index >= 15 is 0 Å². The molecule has 1 aromatic rings. The Morgan fingerprint density at radius 2 is 1.90 bits per heavy atom. The number of fused-ring (bicyclic) bond motifs is 5. The molecule has 0 aromatic carbocycles. The number of hydrogen-bond acceptors (Lipinski definition) is 5. The third kappa shape index (κ3) is 2.58. The topological polar surface area (TPSA) is 70.7 Å². The van der Waals surface area contributed by atoms with Crippen LogP contribution in [0.25, 0.3) is 0 Å². The van der Waals surface area contributed by atoms with Crippen LogP contribution in [0, 0.1) is 22.7 Å². The molecule has 3 saturated carbocycles. The molecule has 3 fully saturated rings. The van der Waals surface area contributed by atoms with E-state index in [-0.39, 0.29) is 16.4 Å². The highest BCUT2D eigenvalue weighted by Gasteiger charge is 2.71. The van der Waals surface area contributed by atoms with Crippen molar-refractivity contribution in [2.75, 3.05) is 0 Å². The molecule has 1 heterocycles. The summed E-state index contributed by atoms with van der Waals surface area (Å²) in [6.07, 6.45) is 12.8. The van der Waals surface area contributed by atoms with E-state index in [9.17, 15) is 15.0 Å². The van der Waals surface area contributed by atoms with Crippen LogP contribution in [0.15, 0.2) is 34.7 Å². The third-order valence-corrected chi connectivity index (χ3v) is 10.7. The van der Waals surface area contributed by atoms with Crippen molar-refractivity contribution < 1.29 is 19.4 Å². The average Bonchev–Trinajstić information content (AvgIpc) is 3.30. The zero-order valence-electron chi connectivity index (χ0n) is 18.3. The van der Waals surface area contributed by atoms with Crippen LogP contribution in [0.4, 0.5) is 0 Å². The number of rotatable bonds is 2. The van der Waals surface area contributed by atoms with E-state index in [1.165, 1.54) is 17.3 Å². The molecule has 4 nitrogen and oxygen atoms in total. The zero-order valence-corrected chi connectivity index (χ0v) is 19.1. The first-order valence-corrected chi connectivity index (χ1v) is 12.4. The van der Waals surface area contributed by atoms with Crippen molar-refractivity contribution in [2.24, 2.45) is 22.7 Å². The molecule has 4 aliphatic carbocycles. The number of hydrogen-bond donors (Lipinski definition) is 2. The molecule has 1 aromatic heterocycles. The van der Waals surface area contributed by atoms with Gasteiger partial charge in [-0.25, -0.2) is 0 Å². The maximum Gasteiger partial charge on any atom is 0.186 e. The fraction of sp³-hybridized carbons (Fsp3) is 0.720. The molecule has 164 valence electrons. The summed E-state index contributed by atoms with van der Waals surface area (Å²) >= 11 is 1.46. The first kappa shape index (κ1) is 20.8. The van der Waals surface area contributed by atoms with Gasteiger partial charge in [0, 0.05) is 23.2 Å². The summed E-state index contributed by atoms with van der Waals surface area (Å²) in [6.45, 7) is 6.16. The molecule has 30 heavy (non-hydrogen) atoms. The quantitative estimate of drug-likeness (QED) is 0.632. The van der Waals surface area contributed by atoms with E-state index in [0.717, 1.165) is 44.1 Å². The van der Waals surface area contributed by atoms with Crippen LogP contribution in [-0.2, 0) is 10.4 Å². The van der Waals surface area contributed by atoms with Gasteiger partial charge < -0.3 is 14.6 Å². The lowest BCUT2D eigenvalue weighted by Crippen LogP contribution is -2.63. The Balaban J connectivity index is 1.48. The summed E-state index contributed by atoms with van der Waals surface area (Å²) in [6, 6.07) is 1.86. The van der Waals surface area contributed by atoms with E-state index < -0.39 is 16.6 Å². The summed E-state index contributed by atoms with van der Waals surface area (Å²) in [7, 11) is 0. The van der Waals surface area contributed by atoms with Gasteiger partial charge in [0.15, 0.2) is 5.12 Å². The molecule has 4 aliphatic rings. The molecule has 0 bridgehead atoms. The predicted octanol–water partition coefficient (Wildman–Crippen LogP) is 5.19. The molecule has 0 amide bonds. The van der Waals surface area contributed by atoms with Crippen LogP contribution >= 0.6 is 11.8 Å². The fourth-order valence-electron chi connectivity index (χ4n) is 7.95. The van der Waals surface area contributed by atoms with Gasteiger partial charge in [0.25, 0.3) is 0 Å². The van der Waals surface area contributed by atoms with Gasteiger partial charge in [-0.2, -0.15) is 0 Å². The normalized spacial score (nSPS) is 47.8. The maximum absolute atomic E-state index is 12.2. The van der Waals surface area contributed by atoms with E-state index in [0.29, 0.717) is 24.0 Å². The number of allylic oxidation sites excluding steroid dienone is 1. The Bertz CT molecular complexity index is 878. The molecule has 5 heteroatoms. The highest BCUT2D eigenvalue weighted by atomic mass is 32.2. The van der Waals surface area contributed by atoms with Crippen molar-refractivity contribution in [3.05, 3.63) is 35.8 Å². The van der Waals surface area contributed by atoms with Gasteiger partial charge >= 0.3 is 0 Å². The number of thioether (sulfide) groups is 1. The molecule has 2 unspecified atom stereocenters. The number of carbonyl (C=O) groups is 1. The lowest BCUT2D eigenvalue weighted by Gasteiger charge is -2.62. The highest BCUT2D eigenvalue weighted by molar-refractivity contribution is 8.14. The minimum Gasteiger partial charge on any atom is -0.472 e. The maximum atomic E-state index is 12.2. The summed E-state index contributed by atoms with van der Waals surface area (Å²) < 4.78 is 5.31. The number of furan rings is 1. The van der Waals surface area contributed by atoms with E-state index in [2.05, 4.69) is 19.9 Å². The first-order valence-electron chi connectivity index (χ1n) is 11.5. The van der Waals surface area contributed by atoms with Gasteiger partial charge in [-0.1, -0.05) is 37.3 Å². The number of aliphatic hydroxyl groups is 2. The van der Waals surface area contributed by atoms with E-state index in [1.54, 1.807) is 19.5 Å². The molecule has 0 spiro atoms. The molecular weight excluding hydrogens is 396 g/mol. The second-order valence-electron chi connectivity index (χ2n) is 10.7. The number of carbonyl (C=O) groups excluding carboxylic acids is 1. The summed E-state index contributed by atoms with van der Waals surface area (Å²) in [5.41, 5.74) is -0.0459. The first-order chi connectivity index (χ1) is 14.1. The molecule has 7 atom stereocenters. The molecule has 5 rings (SSSR count). The third-order valence-electron chi connectivity index (χ3n) is 9.72. The molecule has 0 radical (unpaired) electrons. The SMILES string of the molecule is CC(=O)SC1C=C2CC[C@@H]3[C@@H](CC[C@]4(C)C(O)(c5ccoc5)CC[C@@]34O)[C@@]2(C)CC1. The Labute approximate surface area is 183 Å². The average molecular weight is 431 g/mol. The minimum absolute atomic E-state index is 0.101. The lowest BCUT2D eigenvalue weighted by molar-refractivity contribution is -0.221. The van der Waals surface area contributed by atoms with Crippen LogP contribution in [0.1, 0.15) is 77.7 Å². The van der Waals surface area contributed by atoms with Gasteiger partial charge in [-0.3, -0.25) is 4.79 Å². The smallest absolute Gasteiger partial charge is 0.186 e. The van der Waals surface area contributed by atoms with Crippen molar-refractivity contribution in [1.29, 1.82) is 0 Å². The zero-order chi connectivity index (χ0) is 21.4. The Morgan fingerprint density at radius 1 is 1.10 bits per heavy atom. The van der Waals surface area contributed by atoms with Crippen LogP contribution in [0.3, 0.4) is 0 Å². The standard InChI is InChI=1S/C25H34O4S/c1-16(26)30-19-6-9-22(2)17(14-19)4-5-21-20(22)7-10-23(3)24(27,11-12-25(21,23)28)18-8-13-29-15-18/h8,13-15,19-21,27-28H,4-7,9-12H2,1-3H3/t19?,20-,21-,22+,23-,24?,25-/m1/s1. The minimum atomic E-state index is -1.04. The predicted molar refractivity (Wildman–Crippen MR) is 118 cm³/mol. The molecular formula is C25H34O4S. The summed E-state index contributed by atoms with van der Waals surface area (Å²) in [5.74, 6) is 0.641. The van der Waals surface area contributed by atoms with Gasteiger partial charge in [0.2, 0.25) is 0 Å². The Hall–Kier alpha value is -1.04. The van der Waals surface area contributed by atoms with Gasteiger partial charge in [-0.15, -0.1) is 0 Å². The largest absolute Gasteiger partial charge is 0.472 e. The van der Waals surface area contributed by atoms with Gasteiger partial charge in [0.1, 0.15) is 5.60 Å². The summed E-state index contributed by atoms with van der Waals surface area (Å²) in [4.78, 5) is 11.6. The van der Waals surface area contributed by atoms with Gasteiger partial charge in [0.05, 0.1) is 18.1 Å². The fourth-order valence-corrected chi connectivity index (χ4v) is 8.85. The molecule has 0 aliphatic heterocycles. The van der Waals surface area contributed by atoms with Crippen LogP contribution in [0.2, 0.25) is 0 Å². The molecule has 2 N–H and O–H groups in total. The van der Waals surface area contributed by atoms with Crippen molar-refractivity contribution in [2.45, 2.75) is 88.6 Å². The summed E-state index contributed by atoms with van der Waals surface area (Å²) in [5, 5.41) is 24.5. The van der Waals surface area contributed by atoms with E-state index in [1.807, 2.05) is 6.07 Å². The monoisotopic (exact) mass is 430 g/mol. The lowest BCUT2D eigenvalue weighted by atomic mass is 9.44. The van der Waals surface area contributed by atoms with Crippen LogP contribution in [0.5, 0.6) is 0 Å². The van der Waals surface area contributed by atoms with Gasteiger partial charge in [-0.05, 0) is 74.7 Å². The van der Waals surface area contributed by atoms with E-state index in [4.69, 9.17) is 4.42 Å². The Kier molecular flexibility index (Phi) is 4.67. The highest BCUT2D eigenvalue weighted by Crippen LogP contribution is 2.71.